The summed E-state index contributed by atoms with van der Waals surface area (Å²) in [6.45, 7) is 2.01. The number of anilines is 1. The molecule has 1 N–H and O–H groups in total. The number of Topliss-reactive ketones (excluding diaryl/α,β-unsaturated/α-hetero) is 1. The minimum Gasteiger partial charge on any atom is -0.302 e. The van der Waals surface area contributed by atoms with Gasteiger partial charge >= 0.3 is 0 Å². The predicted molar refractivity (Wildman–Crippen MR) is 101 cm³/mol. The quantitative estimate of drug-likeness (QED) is 0.632. The Hall–Kier alpha value is -2.86. The molecule has 0 spiro atoms. The van der Waals surface area contributed by atoms with Crippen molar-refractivity contribution in [3.8, 4) is 11.3 Å². The van der Waals surface area contributed by atoms with Crippen LogP contribution in [0.15, 0.2) is 53.9 Å². The monoisotopic (exact) mass is 368 g/mol. The van der Waals surface area contributed by atoms with Crippen molar-refractivity contribution < 1.29 is 14.0 Å². The number of thiazole rings is 1. The van der Waals surface area contributed by atoms with Crippen molar-refractivity contribution in [1.29, 1.82) is 0 Å². The number of aromatic nitrogens is 1. The Kier molecular flexibility index (Phi) is 5.53. The summed E-state index contributed by atoms with van der Waals surface area (Å²) < 4.78 is 12.9. The molecule has 0 bridgehead atoms. The summed E-state index contributed by atoms with van der Waals surface area (Å²) in [6.07, 6.45) is 0.114. The van der Waals surface area contributed by atoms with Crippen LogP contribution in [0.3, 0.4) is 0 Å². The molecule has 1 aromatic heterocycles. The lowest BCUT2D eigenvalue weighted by Gasteiger charge is -2.03. The number of nitrogens with zero attached hydrogens (tertiary/aromatic N) is 1. The molecule has 1 heterocycles. The van der Waals surface area contributed by atoms with Gasteiger partial charge in [-0.25, -0.2) is 9.37 Å². The van der Waals surface area contributed by atoms with Crippen LogP contribution in [0.25, 0.3) is 11.3 Å². The SMILES string of the molecule is Cc1ccccc1-c1csc(NC(=O)CCC(=O)c2ccc(F)cc2)n1. The van der Waals surface area contributed by atoms with Crippen molar-refractivity contribution >= 4 is 28.2 Å². The van der Waals surface area contributed by atoms with E-state index in [4.69, 9.17) is 0 Å². The van der Waals surface area contributed by atoms with Crippen molar-refractivity contribution in [2.75, 3.05) is 5.32 Å². The summed E-state index contributed by atoms with van der Waals surface area (Å²) in [5.74, 6) is -0.862. The first-order chi connectivity index (χ1) is 12.5. The molecule has 2 aromatic carbocycles. The average molecular weight is 368 g/mol. The molecule has 0 radical (unpaired) electrons. The zero-order chi connectivity index (χ0) is 18.5. The van der Waals surface area contributed by atoms with E-state index in [1.165, 1.54) is 35.6 Å². The third-order valence-electron chi connectivity index (χ3n) is 3.92. The van der Waals surface area contributed by atoms with Crippen molar-refractivity contribution in [3.05, 3.63) is 70.9 Å². The topological polar surface area (TPSA) is 59.1 Å². The van der Waals surface area contributed by atoms with Crippen LogP contribution in [0.4, 0.5) is 9.52 Å². The highest BCUT2D eigenvalue weighted by Crippen LogP contribution is 2.27. The van der Waals surface area contributed by atoms with Crippen molar-refractivity contribution in [2.24, 2.45) is 0 Å². The highest BCUT2D eigenvalue weighted by Gasteiger charge is 2.12. The van der Waals surface area contributed by atoms with Gasteiger partial charge in [-0.3, -0.25) is 9.59 Å². The maximum absolute atomic E-state index is 12.9. The molecule has 1 amide bonds. The van der Waals surface area contributed by atoms with Crippen LogP contribution in [-0.2, 0) is 4.79 Å². The number of halogens is 1. The summed E-state index contributed by atoms with van der Waals surface area (Å²) in [4.78, 5) is 28.5. The molecule has 3 aromatic rings. The van der Waals surface area contributed by atoms with Gasteiger partial charge in [-0.15, -0.1) is 11.3 Å². The Bertz CT molecular complexity index is 935. The van der Waals surface area contributed by atoms with Gasteiger partial charge in [0.15, 0.2) is 10.9 Å². The highest BCUT2D eigenvalue weighted by molar-refractivity contribution is 7.14. The minimum atomic E-state index is -0.396. The highest BCUT2D eigenvalue weighted by atomic mass is 32.1. The largest absolute Gasteiger partial charge is 0.302 e. The Labute approximate surface area is 154 Å². The normalized spacial score (nSPS) is 10.5. The third kappa shape index (κ3) is 4.40. The standard InChI is InChI=1S/C20H17FN2O2S/c1-13-4-2-3-5-16(13)17-12-26-20(22-17)23-19(25)11-10-18(24)14-6-8-15(21)9-7-14/h2-9,12H,10-11H2,1H3,(H,22,23,25). The van der Waals surface area contributed by atoms with E-state index in [1.807, 2.05) is 36.6 Å². The second-order valence-electron chi connectivity index (χ2n) is 5.83. The first-order valence-corrected chi connectivity index (χ1v) is 9.01. The fraction of sp³-hybridized carbons (Fsp3) is 0.150. The van der Waals surface area contributed by atoms with Gasteiger partial charge < -0.3 is 5.32 Å². The number of nitrogens with one attached hydrogen (secondary N) is 1. The lowest BCUT2D eigenvalue weighted by atomic mass is 10.1. The molecule has 26 heavy (non-hydrogen) atoms. The maximum Gasteiger partial charge on any atom is 0.226 e. The number of ketones is 1. The van der Waals surface area contributed by atoms with E-state index in [0.29, 0.717) is 10.7 Å². The molecule has 0 aliphatic heterocycles. The van der Waals surface area contributed by atoms with Gasteiger partial charge in [0.05, 0.1) is 5.69 Å². The van der Waals surface area contributed by atoms with E-state index in [0.717, 1.165) is 16.8 Å². The molecule has 0 saturated heterocycles. The lowest BCUT2D eigenvalue weighted by molar-refractivity contribution is -0.116. The van der Waals surface area contributed by atoms with Crippen LogP contribution in [-0.4, -0.2) is 16.7 Å². The molecular formula is C20H17FN2O2S. The first kappa shape index (κ1) is 17.9. The first-order valence-electron chi connectivity index (χ1n) is 8.13. The lowest BCUT2D eigenvalue weighted by Crippen LogP contribution is -2.13. The van der Waals surface area contributed by atoms with Gasteiger partial charge in [-0.1, -0.05) is 24.3 Å². The summed E-state index contributed by atoms with van der Waals surface area (Å²) in [6, 6.07) is 13.2. The maximum atomic E-state index is 12.9. The third-order valence-corrected chi connectivity index (χ3v) is 4.67. The number of carbonyl (C=O) groups excluding carboxylic acids is 2. The molecule has 132 valence electrons. The molecule has 3 rings (SSSR count). The van der Waals surface area contributed by atoms with Crippen molar-refractivity contribution in [3.63, 3.8) is 0 Å². The number of hydrogen-bond donors (Lipinski definition) is 1. The molecule has 0 aliphatic rings. The van der Waals surface area contributed by atoms with E-state index in [1.54, 1.807) is 0 Å². The van der Waals surface area contributed by atoms with E-state index in [9.17, 15) is 14.0 Å². The fourth-order valence-corrected chi connectivity index (χ4v) is 3.23. The predicted octanol–water partition coefficient (Wildman–Crippen LogP) is 4.86. The molecule has 0 fully saturated rings. The minimum absolute atomic E-state index is 0.0511. The number of benzene rings is 2. The van der Waals surface area contributed by atoms with Crippen LogP contribution in [0.2, 0.25) is 0 Å². The molecular weight excluding hydrogens is 351 g/mol. The fourth-order valence-electron chi connectivity index (χ4n) is 2.50. The van der Waals surface area contributed by atoms with Gasteiger partial charge in [-0.05, 0) is 36.8 Å². The summed E-state index contributed by atoms with van der Waals surface area (Å²) in [5, 5.41) is 5.12. The summed E-state index contributed by atoms with van der Waals surface area (Å²) in [5.41, 5.74) is 3.34. The second kappa shape index (κ2) is 8.01. The Balaban J connectivity index is 1.56. The van der Waals surface area contributed by atoms with E-state index in [-0.39, 0.29) is 24.5 Å². The average Bonchev–Trinajstić information content (AvgIpc) is 3.09. The van der Waals surface area contributed by atoms with Crippen molar-refractivity contribution in [2.45, 2.75) is 19.8 Å². The Morgan fingerprint density at radius 1 is 1.08 bits per heavy atom. The Morgan fingerprint density at radius 3 is 2.54 bits per heavy atom. The van der Waals surface area contributed by atoms with E-state index < -0.39 is 5.82 Å². The van der Waals surface area contributed by atoms with Gasteiger partial charge in [-0.2, -0.15) is 0 Å². The van der Waals surface area contributed by atoms with Crippen LogP contribution >= 0.6 is 11.3 Å². The second-order valence-corrected chi connectivity index (χ2v) is 6.69. The van der Waals surface area contributed by atoms with Crippen molar-refractivity contribution in [1.82, 2.24) is 4.98 Å². The number of aryl methyl sites for hydroxylation is 1. The van der Waals surface area contributed by atoms with Gasteiger partial charge in [0, 0.05) is 29.3 Å². The number of carbonyl (C=O) groups is 2. The zero-order valence-corrected chi connectivity index (χ0v) is 15.0. The zero-order valence-electron chi connectivity index (χ0n) is 14.2. The van der Waals surface area contributed by atoms with E-state index in [2.05, 4.69) is 10.3 Å². The molecule has 4 nitrogen and oxygen atoms in total. The number of rotatable bonds is 6. The Morgan fingerprint density at radius 2 is 1.81 bits per heavy atom. The van der Waals surface area contributed by atoms with Crippen LogP contribution in [0.5, 0.6) is 0 Å². The number of amides is 1. The van der Waals surface area contributed by atoms with E-state index >= 15 is 0 Å². The molecule has 6 heteroatoms. The summed E-state index contributed by atoms with van der Waals surface area (Å²) in [7, 11) is 0. The number of hydrogen-bond acceptors (Lipinski definition) is 4. The molecule has 0 saturated carbocycles. The van der Waals surface area contributed by atoms with Gasteiger partial charge in [0.25, 0.3) is 0 Å². The molecule has 0 atom stereocenters. The summed E-state index contributed by atoms with van der Waals surface area (Å²) >= 11 is 1.34. The van der Waals surface area contributed by atoms with Gasteiger partial charge in [0.1, 0.15) is 5.82 Å². The van der Waals surface area contributed by atoms with Crippen LogP contribution < -0.4 is 5.32 Å². The van der Waals surface area contributed by atoms with Crippen LogP contribution in [0.1, 0.15) is 28.8 Å². The smallest absolute Gasteiger partial charge is 0.226 e. The molecule has 0 aliphatic carbocycles. The van der Waals surface area contributed by atoms with Gasteiger partial charge in [0.2, 0.25) is 5.91 Å². The van der Waals surface area contributed by atoms with Crippen LogP contribution in [0, 0.1) is 12.7 Å². The molecule has 0 unspecified atom stereocenters.